The topological polar surface area (TPSA) is 52.4 Å². The van der Waals surface area contributed by atoms with Crippen LogP contribution in [-0.4, -0.2) is 4.92 Å². The summed E-state index contributed by atoms with van der Waals surface area (Å²) < 4.78 is 5.70. The van der Waals surface area contributed by atoms with E-state index in [2.05, 4.69) is 15.9 Å². The predicted molar refractivity (Wildman–Crippen MR) is 81.7 cm³/mol. The Bertz CT molecular complexity index is 656. The van der Waals surface area contributed by atoms with Gasteiger partial charge in [0.2, 0.25) is 5.75 Å². The highest BCUT2D eigenvalue weighted by atomic mass is 79.9. The Morgan fingerprint density at radius 1 is 1.15 bits per heavy atom. The Labute approximate surface area is 125 Å². The largest absolute Gasteiger partial charge is 0.450 e. The minimum absolute atomic E-state index is 0.0260. The van der Waals surface area contributed by atoms with E-state index >= 15 is 0 Å². The molecule has 0 atom stereocenters. The van der Waals surface area contributed by atoms with E-state index in [9.17, 15) is 10.1 Å². The Balaban J connectivity index is 2.40. The molecule has 0 saturated heterocycles. The van der Waals surface area contributed by atoms with Crippen LogP contribution in [0.3, 0.4) is 0 Å². The molecule has 0 saturated carbocycles. The maximum absolute atomic E-state index is 11.1. The predicted octanol–water partition coefficient (Wildman–Crippen LogP) is 4.90. The van der Waals surface area contributed by atoms with Crippen LogP contribution >= 0.6 is 15.9 Å². The van der Waals surface area contributed by atoms with Gasteiger partial charge < -0.3 is 4.74 Å². The minimum Gasteiger partial charge on any atom is -0.450 e. The van der Waals surface area contributed by atoms with Gasteiger partial charge in [-0.15, -0.1) is 0 Å². The van der Waals surface area contributed by atoms with Crippen molar-refractivity contribution in [1.82, 2.24) is 0 Å². The molecule has 0 N–H and O–H groups in total. The zero-order valence-electron chi connectivity index (χ0n) is 11.2. The molecular formula is C15H14BrNO3. The van der Waals surface area contributed by atoms with E-state index in [1.165, 1.54) is 6.07 Å². The van der Waals surface area contributed by atoms with Gasteiger partial charge in [0.25, 0.3) is 0 Å². The van der Waals surface area contributed by atoms with E-state index in [1.807, 2.05) is 32.0 Å². The summed E-state index contributed by atoms with van der Waals surface area (Å²) in [4.78, 5) is 10.7. The molecule has 0 aliphatic heterocycles. The van der Waals surface area contributed by atoms with Gasteiger partial charge in [-0.2, -0.15) is 0 Å². The quantitative estimate of drug-likeness (QED) is 0.453. The fraction of sp³-hybridized carbons (Fsp3) is 0.200. The summed E-state index contributed by atoms with van der Waals surface area (Å²) in [5, 5.41) is 11.7. The summed E-state index contributed by atoms with van der Waals surface area (Å²) in [6.45, 7) is 3.91. The molecule has 104 valence electrons. The van der Waals surface area contributed by atoms with Gasteiger partial charge in [0, 0.05) is 11.4 Å². The maximum Gasteiger partial charge on any atom is 0.311 e. The first-order chi connectivity index (χ1) is 9.51. The summed E-state index contributed by atoms with van der Waals surface area (Å²) in [5.41, 5.74) is 2.88. The van der Waals surface area contributed by atoms with Gasteiger partial charge in [-0.05, 0) is 37.1 Å². The van der Waals surface area contributed by atoms with E-state index in [-0.39, 0.29) is 11.4 Å². The summed E-state index contributed by atoms with van der Waals surface area (Å²) >= 11 is 3.29. The van der Waals surface area contributed by atoms with Crippen LogP contribution in [0, 0.1) is 24.0 Å². The zero-order chi connectivity index (χ0) is 14.7. The van der Waals surface area contributed by atoms with E-state index in [1.54, 1.807) is 12.1 Å². The number of nitro groups is 1. The zero-order valence-corrected chi connectivity index (χ0v) is 12.8. The molecule has 0 bridgehead atoms. The molecule has 2 aromatic rings. The summed E-state index contributed by atoms with van der Waals surface area (Å²) in [5.74, 6) is 0.886. The molecule has 0 radical (unpaired) electrons. The van der Waals surface area contributed by atoms with E-state index in [4.69, 9.17) is 4.74 Å². The SMILES string of the molecule is Cc1ccc(Oc2ccc(CBr)cc2[N+](=O)[O-])c(C)c1. The Morgan fingerprint density at radius 3 is 2.45 bits per heavy atom. The van der Waals surface area contributed by atoms with Crippen molar-refractivity contribution < 1.29 is 9.66 Å². The van der Waals surface area contributed by atoms with Gasteiger partial charge in [-0.25, -0.2) is 0 Å². The molecule has 2 rings (SSSR count). The lowest BCUT2D eigenvalue weighted by Crippen LogP contribution is -1.96. The first kappa shape index (κ1) is 14.5. The molecule has 0 amide bonds. The van der Waals surface area contributed by atoms with Crippen molar-refractivity contribution in [1.29, 1.82) is 0 Å². The van der Waals surface area contributed by atoms with Crippen LogP contribution in [0.2, 0.25) is 0 Å². The molecule has 2 aromatic carbocycles. The molecule has 0 fully saturated rings. The van der Waals surface area contributed by atoms with Crippen LogP contribution in [0.4, 0.5) is 5.69 Å². The third kappa shape index (κ3) is 3.17. The fourth-order valence-electron chi connectivity index (χ4n) is 1.91. The Kier molecular flexibility index (Phi) is 4.39. The number of benzene rings is 2. The van der Waals surface area contributed by atoms with Crippen LogP contribution in [0.25, 0.3) is 0 Å². The van der Waals surface area contributed by atoms with Crippen molar-refractivity contribution in [3.63, 3.8) is 0 Å². The van der Waals surface area contributed by atoms with Gasteiger partial charge in [-0.3, -0.25) is 10.1 Å². The minimum atomic E-state index is -0.426. The highest BCUT2D eigenvalue weighted by Gasteiger charge is 2.17. The number of nitro benzene ring substituents is 1. The number of alkyl halides is 1. The Morgan fingerprint density at radius 2 is 1.85 bits per heavy atom. The lowest BCUT2D eigenvalue weighted by Gasteiger charge is -2.10. The molecule has 0 aliphatic rings. The van der Waals surface area contributed by atoms with Crippen molar-refractivity contribution in [2.24, 2.45) is 0 Å². The molecule has 0 heterocycles. The molecular weight excluding hydrogens is 322 g/mol. The monoisotopic (exact) mass is 335 g/mol. The first-order valence-electron chi connectivity index (χ1n) is 6.09. The van der Waals surface area contributed by atoms with Crippen molar-refractivity contribution in [3.05, 3.63) is 63.2 Å². The van der Waals surface area contributed by atoms with Crippen molar-refractivity contribution in [2.75, 3.05) is 0 Å². The number of halogens is 1. The van der Waals surface area contributed by atoms with E-state index in [0.717, 1.165) is 16.7 Å². The van der Waals surface area contributed by atoms with Crippen molar-refractivity contribution in [3.8, 4) is 11.5 Å². The molecule has 0 aromatic heterocycles. The summed E-state index contributed by atoms with van der Waals surface area (Å²) in [6, 6.07) is 10.7. The van der Waals surface area contributed by atoms with Crippen LogP contribution < -0.4 is 4.74 Å². The number of rotatable bonds is 4. The second-order valence-corrected chi connectivity index (χ2v) is 5.12. The second kappa shape index (κ2) is 6.05. The van der Waals surface area contributed by atoms with Gasteiger partial charge >= 0.3 is 5.69 Å². The highest BCUT2D eigenvalue weighted by Crippen LogP contribution is 2.34. The average Bonchev–Trinajstić information content (AvgIpc) is 2.42. The van der Waals surface area contributed by atoms with E-state index in [0.29, 0.717) is 11.1 Å². The number of hydrogen-bond donors (Lipinski definition) is 0. The Hall–Kier alpha value is -1.88. The summed E-state index contributed by atoms with van der Waals surface area (Å²) in [6.07, 6.45) is 0. The van der Waals surface area contributed by atoms with Gasteiger partial charge in [0.15, 0.2) is 0 Å². The maximum atomic E-state index is 11.1. The molecule has 4 nitrogen and oxygen atoms in total. The number of nitrogens with zero attached hydrogens (tertiary/aromatic N) is 1. The third-order valence-electron chi connectivity index (χ3n) is 2.92. The van der Waals surface area contributed by atoms with Crippen molar-refractivity contribution in [2.45, 2.75) is 19.2 Å². The molecule has 0 spiro atoms. The van der Waals surface area contributed by atoms with Gasteiger partial charge in [0.05, 0.1) is 4.92 Å². The van der Waals surface area contributed by atoms with Gasteiger partial charge in [-0.1, -0.05) is 39.7 Å². The smallest absolute Gasteiger partial charge is 0.311 e. The van der Waals surface area contributed by atoms with Gasteiger partial charge in [0.1, 0.15) is 5.75 Å². The third-order valence-corrected chi connectivity index (χ3v) is 3.57. The van der Waals surface area contributed by atoms with Crippen molar-refractivity contribution >= 4 is 21.6 Å². The van der Waals surface area contributed by atoms with Crippen LogP contribution in [0.15, 0.2) is 36.4 Å². The number of ether oxygens (including phenoxy) is 1. The lowest BCUT2D eigenvalue weighted by atomic mass is 10.1. The molecule has 0 unspecified atom stereocenters. The molecule has 5 heteroatoms. The average molecular weight is 336 g/mol. The van der Waals surface area contributed by atoms with E-state index < -0.39 is 4.92 Å². The number of aryl methyl sites for hydroxylation is 2. The second-order valence-electron chi connectivity index (χ2n) is 4.56. The lowest BCUT2D eigenvalue weighted by molar-refractivity contribution is -0.385. The van der Waals surface area contributed by atoms with Crippen LogP contribution in [-0.2, 0) is 5.33 Å². The molecule has 0 aliphatic carbocycles. The standard InChI is InChI=1S/C15H14BrNO3/c1-10-3-5-14(11(2)7-10)20-15-6-4-12(9-16)8-13(15)17(18)19/h3-8H,9H2,1-2H3. The van der Waals surface area contributed by atoms with Crippen LogP contribution in [0.5, 0.6) is 11.5 Å². The highest BCUT2D eigenvalue weighted by molar-refractivity contribution is 9.08. The number of hydrogen-bond acceptors (Lipinski definition) is 3. The first-order valence-corrected chi connectivity index (χ1v) is 7.22. The summed E-state index contributed by atoms with van der Waals surface area (Å²) in [7, 11) is 0. The molecule has 20 heavy (non-hydrogen) atoms. The fourth-order valence-corrected chi connectivity index (χ4v) is 2.26. The van der Waals surface area contributed by atoms with Crippen LogP contribution in [0.1, 0.15) is 16.7 Å². The normalized spacial score (nSPS) is 10.3.